The largest absolute Gasteiger partial charge is 0.480 e. The highest BCUT2D eigenvalue weighted by atomic mass is 32.2. The Kier molecular flexibility index (Phi) is 4.61. The lowest BCUT2D eigenvalue weighted by Gasteiger charge is -2.10. The van der Waals surface area contributed by atoms with Crippen molar-refractivity contribution < 1.29 is 23.1 Å². The molecule has 0 aliphatic carbocycles. The van der Waals surface area contributed by atoms with Gasteiger partial charge in [0.2, 0.25) is 0 Å². The zero-order valence-corrected chi connectivity index (χ0v) is 10.7. The second-order valence-corrected chi connectivity index (χ2v) is 6.01. The molecule has 0 radical (unpaired) electrons. The molecule has 1 rings (SSSR count). The van der Waals surface area contributed by atoms with Crippen molar-refractivity contribution in [3.05, 3.63) is 35.9 Å². The number of carbonyl (C=O) groups excluding carboxylic acids is 1. The standard InChI is InChI=1S/C12H14O5S/c1-2-11(12(14)15)18(16,17)8-10(13)9-6-4-3-5-7-9/h3-7,11H,2,8H2,1H3,(H,14,15). The van der Waals surface area contributed by atoms with E-state index in [0.717, 1.165) is 0 Å². The first kappa shape index (κ1) is 14.4. The minimum absolute atomic E-state index is 0.0558. The summed E-state index contributed by atoms with van der Waals surface area (Å²) in [5.74, 6) is -2.78. The van der Waals surface area contributed by atoms with Gasteiger partial charge in [0, 0.05) is 5.56 Å². The van der Waals surface area contributed by atoms with Crippen LogP contribution in [0, 0.1) is 0 Å². The summed E-state index contributed by atoms with van der Waals surface area (Å²) < 4.78 is 23.6. The van der Waals surface area contributed by atoms with Crippen LogP contribution in [0.15, 0.2) is 30.3 Å². The Labute approximate surface area is 105 Å². The van der Waals surface area contributed by atoms with Gasteiger partial charge in [-0.3, -0.25) is 9.59 Å². The summed E-state index contributed by atoms with van der Waals surface area (Å²) in [6, 6.07) is 7.94. The first-order valence-electron chi connectivity index (χ1n) is 5.41. The summed E-state index contributed by atoms with van der Waals surface area (Å²) in [5.41, 5.74) is 0.265. The topological polar surface area (TPSA) is 88.5 Å². The molecule has 0 aromatic heterocycles. The van der Waals surface area contributed by atoms with E-state index in [-0.39, 0.29) is 12.0 Å². The van der Waals surface area contributed by atoms with Gasteiger partial charge in [0.15, 0.2) is 20.9 Å². The van der Waals surface area contributed by atoms with Crippen LogP contribution in [0.5, 0.6) is 0 Å². The first-order chi connectivity index (χ1) is 8.38. The maximum absolute atomic E-state index is 11.8. The number of hydrogen-bond donors (Lipinski definition) is 1. The predicted molar refractivity (Wildman–Crippen MR) is 66.3 cm³/mol. The van der Waals surface area contributed by atoms with E-state index in [2.05, 4.69) is 0 Å². The number of Topliss-reactive ketones (excluding diaryl/α,β-unsaturated/α-hetero) is 1. The number of ketones is 1. The lowest BCUT2D eigenvalue weighted by atomic mass is 10.2. The number of aliphatic carboxylic acids is 1. The molecule has 18 heavy (non-hydrogen) atoms. The van der Waals surface area contributed by atoms with E-state index in [9.17, 15) is 18.0 Å². The maximum atomic E-state index is 11.8. The van der Waals surface area contributed by atoms with Gasteiger partial charge < -0.3 is 5.11 Å². The van der Waals surface area contributed by atoms with Crippen molar-refractivity contribution >= 4 is 21.6 Å². The molecular weight excluding hydrogens is 256 g/mol. The lowest BCUT2D eigenvalue weighted by molar-refractivity contribution is -0.136. The number of carbonyl (C=O) groups is 2. The number of carboxylic acids is 1. The Morgan fingerprint density at radius 3 is 2.22 bits per heavy atom. The van der Waals surface area contributed by atoms with Crippen LogP contribution >= 0.6 is 0 Å². The molecule has 0 amide bonds. The van der Waals surface area contributed by atoms with E-state index in [1.54, 1.807) is 18.2 Å². The fourth-order valence-electron chi connectivity index (χ4n) is 1.57. The Morgan fingerprint density at radius 2 is 1.78 bits per heavy atom. The molecule has 1 unspecified atom stereocenters. The van der Waals surface area contributed by atoms with Gasteiger partial charge in [-0.15, -0.1) is 0 Å². The monoisotopic (exact) mass is 270 g/mol. The third-order valence-electron chi connectivity index (χ3n) is 2.51. The van der Waals surface area contributed by atoms with E-state index in [1.165, 1.54) is 19.1 Å². The summed E-state index contributed by atoms with van der Waals surface area (Å²) in [6.45, 7) is 1.46. The highest BCUT2D eigenvalue weighted by Gasteiger charge is 2.32. The molecule has 6 heteroatoms. The van der Waals surface area contributed by atoms with Crippen molar-refractivity contribution in [1.29, 1.82) is 0 Å². The van der Waals surface area contributed by atoms with Crippen LogP contribution < -0.4 is 0 Å². The Balaban J connectivity index is 2.90. The fraction of sp³-hybridized carbons (Fsp3) is 0.333. The van der Waals surface area contributed by atoms with Crippen LogP contribution in [-0.2, 0) is 14.6 Å². The molecule has 1 N–H and O–H groups in total. The average Bonchev–Trinajstić information content (AvgIpc) is 2.29. The second-order valence-electron chi connectivity index (χ2n) is 3.83. The van der Waals surface area contributed by atoms with Crippen LogP contribution in [0.1, 0.15) is 23.7 Å². The van der Waals surface area contributed by atoms with Crippen LogP contribution in [0.4, 0.5) is 0 Å². The molecule has 0 bridgehead atoms. The van der Waals surface area contributed by atoms with Crippen LogP contribution in [-0.4, -0.2) is 36.3 Å². The molecule has 1 aromatic carbocycles. The number of benzene rings is 1. The molecule has 0 fully saturated rings. The summed E-state index contributed by atoms with van der Waals surface area (Å²) in [6.07, 6.45) is -0.0558. The van der Waals surface area contributed by atoms with Crippen LogP contribution in [0.3, 0.4) is 0 Å². The van der Waals surface area contributed by atoms with Gasteiger partial charge in [-0.25, -0.2) is 8.42 Å². The molecule has 0 spiro atoms. The van der Waals surface area contributed by atoms with Gasteiger partial charge >= 0.3 is 5.97 Å². The number of hydrogen-bond acceptors (Lipinski definition) is 4. The van der Waals surface area contributed by atoms with Crippen molar-refractivity contribution in [2.24, 2.45) is 0 Å². The summed E-state index contributed by atoms with van der Waals surface area (Å²) in [4.78, 5) is 22.5. The SMILES string of the molecule is CCC(C(=O)O)S(=O)(=O)CC(=O)c1ccccc1. The minimum atomic E-state index is -3.97. The van der Waals surface area contributed by atoms with Crippen molar-refractivity contribution in [3.63, 3.8) is 0 Å². The van der Waals surface area contributed by atoms with Gasteiger partial charge in [0.25, 0.3) is 0 Å². The zero-order chi connectivity index (χ0) is 13.8. The average molecular weight is 270 g/mol. The summed E-state index contributed by atoms with van der Waals surface area (Å²) in [5, 5.41) is 7.28. The van der Waals surface area contributed by atoms with Crippen molar-refractivity contribution in [3.8, 4) is 0 Å². The van der Waals surface area contributed by atoms with E-state index in [1.807, 2.05) is 0 Å². The number of carboxylic acid groups (broad SMARTS) is 1. The van der Waals surface area contributed by atoms with Gasteiger partial charge in [0.05, 0.1) is 0 Å². The normalized spacial score (nSPS) is 12.9. The number of sulfone groups is 1. The van der Waals surface area contributed by atoms with E-state index in [4.69, 9.17) is 5.11 Å². The maximum Gasteiger partial charge on any atom is 0.321 e. The molecule has 0 aliphatic heterocycles. The quantitative estimate of drug-likeness (QED) is 0.783. The van der Waals surface area contributed by atoms with Crippen molar-refractivity contribution in [1.82, 2.24) is 0 Å². The molecule has 0 aliphatic rings. The fourth-order valence-corrected chi connectivity index (χ4v) is 3.12. The smallest absolute Gasteiger partial charge is 0.321 e. The highest BCUT2D eigenvalue weighted by molar-refractivity contribution is 7.93. The molecule has 98 valence electrons. The molecule has 5 nitrogen and oxygen atoms in total. The van der Waals surface area contributed by atoms with Crippen molar-refractivity contribution in [2.75, 3.05) is 5.75 Å². The Morgan fingerprint density at radius 1 is 1.22 bits per heavy atom. The summed E-state index contributed by atoms with van der Waals surface area (Å²) in [7, 11) is -3.97. The van der Waals surface area contributed by atoms with Gasteiger partial charge in [-0.2, -0.15) is 0 Å². The number of rotatable bonds is 6. The third kappa shape index (κ3) is 3.40. The van der Waals surface area contributed by atoms with E-state index >= 15 is 0 Å². The van der Waals surface area contributed by atoms with Crippen molar-refractivity contribution in [2.45, 2.75) is 18.6 Å². The zero-order valence-electron chi connectivity index (χ0n) is 9.87. The van der Waals surface area contributed by atoms with Gasteiger partial charge in [-0.05, 0) is 6.42 Å². The van der Waals surface area contributed by atoms with E-state index in [0.29, 0.717) is 0 Å². The van der Waals surface area contributed by atoms with Gasteiger partial charge in [-0.1, -0.05) is 37.3 Å². The lowest BCUT2D eigenvalue weighted by Crippen LogP contribution is -2.34. The molecule has 0 saturated heterocycles. The predicted octanol–water partition coefficient (Wildman–Crippen LogP) is 1.15. The second kappa shape index (κ2) is 5.77. The molecular formula is C12H14O5S. The van der Waals surface area contributed by atoms with Crippen LogP contribution in [0.2, 0.25) is 0 Å². The summed E-state index contributed by atoms with van der Waals surface area (Å²) >= 11 is 0. The third-order valence-corrected chi connectivity index (χ3v) is 4.57. The molecule has 0 heterocycles. The Hall–Kier alpha value is -1.69. The van der Waals surface area contributed by atoms with Gasteiger partial charge in [0.1, 0.15) is 5.75 Å². The molecule has 1 atom stereocenters. The minimum Gasteiger partial charge on any atom is -0.480 e. The first-order valence-corrected chi connectivity index (χ1v) is 7.12. The van der Waals surface area contributed by atoms with E-state index < -0.39 is 32.6 Å². The molecule has 1 aromatic rings. The van der Waals surface area contributed by atoms with Crippen LogP contribution in [0.25, 0.3) is 0 Å². The Bertz CT molecular complexity index is 533. The molecule has 0 saturated carbocycles. The highest BCUT2D eigenvalue weighted by Crippen LogP contribution is 2.10.